The van der Waals surface area contributed by atoms with Crippen LogP contribution in [0.3, 0.4) is 0 Å². The Kier molecular flexibility index (Phi) is 10.1. The van der Waals surface area contributed by atoms with E-state index in [2.05, 4.69) is 21.1 Å². The molecule has 2 heterocycles. The fourth-order valence-corrected chi connectivity index (χ4v) is 3.24. The van der Waals surface area contributed by atoms with E-state index < -0.39 is 5.41 Å². The van der Waals surface area contributed by atoms with Crippen molar-refractivity contribution in [1.82, 2.24) is 19.7 Å². The molecule has 158 valence electrons. The van der Waals surface area contributed by atoms with Crippen LogP contribution < -0.4 is 4.74 Å². The molecular formula is C21H31N5O3. The van der Waals surface area contributed by atoms with E-state index in [0.29, 0.717) is 25.6 Å². The molecule has 2 rings (SSSR count). The Morgan fingerprint density at radius 1 is 1.03 bits per heavy atom. The molecule has 0 radical (unpaired) electrons. The van der Waals surface area contributed by atoms with Crippen molar-refractivity contribution in [1.29, 1.82) is 5.26 Å². The maximum atomic E-state index is 9.46. The lowest BCUT2D eigenvalue weighted by molar-refractivity contribution is 0.0386. The summed E-state index contributed by atoms with van der Waals surface area (Å²) in [5.41, 5.74) is -0.519. The molecule has 0 aromatic carbocycles. The number of hydrogen-bond donors (Lipinski definition) is 0. The number of pyridine rings is 1. The van der Waals surface area contributed by atoms with E-state index in [4.69, 9.17) is 14.2 Å². The van der Waals surface area contributed by atoms with Crippen LogP contribution in [0.25, 0.3) is 5.82 Å². The average molecular weight is 402 g/mol. The number of nitrogens with zero attached hydrogens (tertiary/aromatic N) is 5. The summed E-state index contributed by atoms with van der Waals surface area (Å²) in [6.45, 7) is 1.52. The fraction of sp³-hybridized carbons (Fsp3) is 0.619. The number of hydrogen-bond acceptors (Lipinski definition) is 7. The lowest BCUT2D eigenvalue weighted by Gasteiger charge is -2.24. The molecule has 0 aliphatic carbocycles. The molecule has 8 nitrogen and oxygen atoms in total. The van der Waals surface area contributed by atoms with Crippen LogP contribution in [0.5, 0.6) is 5.75 Å². The Morgan fingerprint density at radius 3 is 2.34 bits per heavy atom. The second-order valence-corrected chi connectivity index (χ2v) is 7.17. The van der Waals surface area contributed by atoms with Crippen molar-refractivity contribution in [3.05, 3.63) is 31.0 Å². The minimum Gasteiger partial charge on any atom is -0.492 e. The van der Waals surface area contributed by atoms with Crippen molar-refractivity contribution in [2.24, 2.45) is 5.41 Å². The summed E-state index contributed by atoms with van der Waals surface area (Å²) in [7, 11) is 3.26. The summed E-state index contributed by atoms with van der Waals surface area (Å²) in [6.07, 6.45) is 12.2. The van der Waals surface area contributed by atoms with Gasteiger partial charge in [0.05, 0.1) is 32.1 Å². The van der Waals surface area contributed by atoms with E-state index in [9.17, 15) is 5.26 Å². The molecule has 0 atom stereocenters. The Morgan fingerprint density at radius 2 is 1.76 bits per heavy atom. The minimum atomic E-state index is -0.519. The zero-order chi connectivity index (χ0) is 20.8. The zero-order valence-corrected chi connectivity index (χ0v) is 17.4. The molecule has 0 aliphatic rings. The van der Waals surface area contributed by atoms with E-state index in [1.165, 1.54) is 12.7 Å². The van der Waals surface area contributed by atoms with E-state index >= 15 is 0 Å². The van der Waals surface area contributed by atoms with Crippen molar-refractivity contribution in [2.45, 2.75) is 44.9 Å². The first kappa shape index (κ1) is 22.8. The van der Waals surface area contributed by atoms with E-state index in [1.54, 1.807) is 31.4 Å². The van der Waals surface area contributed by atoms with Crippen molar-refractivity contribution in [3.63, 3.8) is 0 Å². The number of unbranched alkanes of at least 4 members (excludes halogenated alkanes) is 5. The average Bonchev–Trinajstić information content (AvgIpc) is 3.28. The lowest BCUT2D eigenvalue weighted by atomic mass is 9.85. The molecular weight excluding hydrogens is 370 g/mol. The summed E-state index contributed by atoms with van der Waals surface area (Å²) in [4.78, 5) is 8.22. The molecule has 0 bridgehead atoms. The number of aromatic nitrogens is 4. The third-order valence-corrected chi connectivity index (χ3v) is 4.77. The van der Waals surface area contributed by atoms with Gasteiger partial charge in [-0.05, 0) is 25.0 Å². The Balaban J connectivity index is 1.53. The maximum Gasteiger partial charge on any atom is 0.155 e. The van der Waals surface area contributed by atoms with Gasteiger partial charge in [-0.1, -0.05) is 32.1 Å². The van der Waals surface area contributed by atoms with Crippen LogP contribution in [0.15, 0.2) is 31.0 Å². The summed E-state index contributed by atoms with van der Waals surface area (Å²) < 4.78 is 17.8. The number of nitriles is 1. The number of ether oxygens (including phenoxy) is 3. The van der Waals surface area contributed by atoms with Gasteiger partial charge in [0.2, 0.25) is 0 Å². The second-order valence-electron chi connectivity index (χ2n) is 7.17. The van der Waals surface area contributed by atoms with Crippen molar-refractivity contribution in [2.75, 3.05) is 34.0 Å². The highest BCUT2D eigenvalue weighted by atomic mass is 16.5. The molecule has 29 heavy (non-hydrogen) atoms. The van der Waals surface area contributed by atoms with Gasteiger partial charge in [0.15, 0.2) is 5.82 Å². The molecule has 2 aromatic rings. The topological polar surface area (TPSA) is 95.1 Å². The molecule has 0 fully saturated rings. The SMILES string of the molecule is COCC(C#N)(CCCCCCCCOc1ccc(-n2cncn2)nc1)COC. The summed E-state index contributed by atoms with van der Waals surface area (Å²) in [6, 6.07) is 6.14. The van der Waals surface area contributed by atoms with Crippen molar-refractivity contribution < 1.29 is 14.2 Å². The molecule has 0 N–H and O–H groups in total. The van der Waals surface area contributed by atoms with Crippen LogP contribution in [0.1, 0.15) is 44.9 Å². The Labute approximate surface area is 172 Å². The quantitative estimate of drug-likeness (QED) is 0.421. The largest absolute Gasteiger partial charge is 0.492 e. The van der Waals surface area contributed by atoms with Gasteiger partial charge in [-0.25, -0.2) is 14.6 Å². The first-order valence-electron chi connectivity index (χ1n) is 10.1. The Hall–Kier alpha value is -2.50. The predicted molar refractivity (Wildman–Crippen MR) is 109 cm³/mol. The van der Waals surface area contributed by atoms with Crippen molar-refractivity contribution in [3.8, 4) is 17.6 Å². The molecule has 0 saturated carbocycles. The number of methoxy groups -OCH3 is 2. The van der Waals surface area contributed by atoms with Gasteiger partial charge in [0.1, 0.15) is 23.8 Å². The molecule has 0 unspecified atom stereocenters. The third-order valence-electron chi connectivity index (χ3n) is 4.77. The smallest absolute Gasteiger partial charge is 0.155 e. The van der Waals surface area contributed by atoms with Crippen LogP contribution in [-0.4, -0.2) is 53.8 Å². The van der Waals surface area contributed by atoms with E-state index in [0.717, 1.165) is 44.3 Å². The van der Waals surface area contributed by atoms with Gasteiger partial charge in [0, 0.05) is 14.2 Å². The van der Waals surface area contributed by atoms with Crippen LogP contribution in [0.2, 0.25) is 0 Å². The van der Waals surface area contributed by atoms with Crippen LogP contribution >= 0.6 is 0 Å². The fourth-order valence-electron chi connectivity index (χ4n) is 3.24. The molecule has 0 saturated heterocycles. The normalized spacial score (nSPS) is 11.3. The van der Waals surface area contributed by atoms with Gasteiger partial charge in [-0.3, -0.25) is 0 Å². The van der Waals surface area contributed by atoms with E-state index in [-0.39, 0.29) is 0 Å². The third kappa shape index (κ3) is 7.80. The van der Waals surface area contributed by atoms with E-state index in [1.807, 2.05) is 12.1 Å². The first-order valence-corrected chi connectivity index (χ1v) is 10.1. The zero-order valence-electron chi connectivity index (χ0n) is 17.4. The second kappa shape index (κ2) is 12.9. The molecule has 2 aromatic heterocycles. The highest BCUT2D eigenvalue weighted by Gasteiger charge is 2.29. The summed E-state index contributed by atoms with van der Waals surface area (Å²) in [5, 5.41) is 13.5. The standard InChI is InChI=1S/C21H31N5O3/c1-27-15-21(14-22,16-28-2)11-7-5-3-4-6-8-12-29-19-9-10-20(24-13-19)26-18-23-17-25-26/h9-10,13,17-18H,3-8,11-12,15-16H2,1-2H3. The van der Waals surface area contributed by atoms with Crippen LogP contribution in [0.4, 0.5) is 0 Å². The van der Waals surface area contributed by atoms with Gasteiger partial charge >= 0.3 is 0 Å². The van der Waals surface area contributed by atoms with Crippen LogP contribution in [-0.2, 0) is 9.47 Å². The van der Waals surface area contributed by atoms with Gasteiger partial charge < -0.3 is 14.2 Å². The molecule has 0 aliphatic heterocycles. The summed E-state index contributed by atoms with van der Waals surface area (Å²) >= 11 is 0. The monoisotopic (exact) mass is 401 g/mol. The first-order chi connectivity index (χ1) is 14.2. The molecule has 8 heteroatoms. The van der Waals surface area contributed by atoms with Crippen molar-refractivity contribution >= 4 is 0 Å². The summed E-state index contributed by atoms with van der Waals surface area (Å²) in [5.74, 6) is 1.48. The van der Waals surface area contributed by atoms with Crippen LogP contribution in [0, 0.1) is 16.7 Å². The molecule has 0 amide bonds. The maximum absolute atomic E-state index is 9.46. The minimum absolute atomic E-state index is 0.420. The lowest BCUT2D eigenvalue weighted by Crippen LogP contribution is -2.30. The Bertz CT molecular complexity index is 707. The predicted octanol–water partition coefficient (Wildman–Crippen LogP) is 3.57. The highest BCUT2D eigenvalue weighted by molar-refractivity contribution is 5.27. The highest BCUT2D eigenvalue weighted by Crippen LogP contribution is 2.25. The van der Waals surface area contributed by atoms with Gasteiger partial charge in [-0.2, -0.15) is 10.4 Å². The van der Waals surface area contributed by atoms with Gasteiger partial charge in [-0.15, -0.1) is 0 Å². The molecule has 0 spiro atoms. The number of rotatable bonds is 15. The van der Waals surface area contributed by atoms with Gasteiger partial charge in [0.25, 0.3) is 0 Å².